The molecule has 0 bridgehead atoms. The van der Waals surface area contributed by atoms with Crippen LogP contribution in [0, 0.1) is 0 Å². The number of rotatable bonds is 3. The number of carbonyl (C=O) groups is 1. The quantitative estimate of drug-likeness (QED) is 0.429. The smallest absolute Gasteiger partial charge is 0.321 e. The second-order valence-corrected chi connectivity index (χ2v) is 2.08. The molecule has 0 N–H and O–H groups in total. The van der Waals surface area contributed by atoms with Crippen molar-refractivity contribution >= 4 is 17.6 Å². The summed E-state index contributed by atoms with van der Waals surface area (Å²) in [5.41, 5.74) is 0. The Bertz CT molecular complexity index is 95.0. The van der Waals surface area contributed by atoms with Crippen molar-refractivity contribution in [3.05, 3.63) is 0 Å². The van der Waals surface area contributed by atoms with Gasteiger partial charge in [0.15, 0.2) is 6.07 Å². The van der Waals surface area contributed by atoms with Crippen LogP contribution in [0.4, 0.5) is 0 Å². The molecule has 0 unspecified atom stereocenters. The SMILES string of the molecule is CN(C)CC(=O)OCCl. The molecule has 0 aromatic rings. The molecule has 0 rings (SSSR count). The average Bonchev–Trinajstić information content (AvgIpc) is 1.63. The van der Waals surface area contributed by atoms with Crippen LogP contribution in [0.3, 0.4) is 0 Å². The third kappa shape index (κ3) is 5.59. The first kappa shape index (κ1) is 8.72. The number of likely N-dealkylation sites (N-methyl/N-ethyl adjacent to an activating group) is 1. The molecule has 0 aliphatic rings. The van der Waals surface area contributed by atoms with Gasteiger partial charge in [-0.25, -0.2) is 0 Å². The van der Waals surface area contributed by atoms with E-state index in [1.807, 2.05) is 0 Å². The van der Waals surface area contributed by atoms with Crippen LogP contribution in [0.2, 0.25) is 0 Å². The zero-order valence-electron chi connectivity index (χ0n) is 5.56. The highest BCUT2D eigenvalue weighted by Gasteiger charge is 2.01. The summed E-state index contributed by atoms with van der Waals surface area (Å²) < 4.78 is 4.44. The minimum atomic E-state index is -0.296. The molecule has 4 heteroatoms. The van der Waals surface area contributed by atoms with Crippen LogP contribution in [-0.2, 0) is 9.53 Å². The lowest BCUT2D eigenvalue weighted by Crippen LogP contribution is -2.23. The van der Waals surface area contributed by atoms with Crippen molar-refractivity contribution in [1.82, 2.24) is 4.90 Å². The van der Waals surface area contributed by atoms with E-state index in [0.717, 1.165) is 0 Å². The largest absolute Gasteiger partial charge is 0.448 e. The normalized spacial score (nSPS) is 9.78. The van der Waals surface area contributed by atoms with Gasteiger partial charge in [-0.15, -0.1) is 0 Å². The fourth-order valence-corrected chi connectivity index (χ4v) is 0.486. The van der Waals surface area contributed by atoms with Crippen molar-refractivity contribution in [2.24, 2.45) is 0 Å². The highest BCUT2D eigenvalue weighted by atomic mass is 35.5. The third-order valence-corrected chi connectivity index (χ3v) is 0.770. The average molecular weight is 152 g/mol. The third-order valence-electron chi connectivity index (χ3n) is 0.661. The van der Waals surface area contributed by atoms with Crippen molar-refractivity contribution in [3.63, 3.8) is 0 Å². The van der Waals surface area contributed by atoms with Crippen LogP contribution < -0.4 is 0 Å². The van der Waals surface area contributed by atoms with Crippen molar-refractivity contribution < 1.29 is 9.53 Å². The second kappa shape index (κ2) is 4.58. The van der Waals surface area contributed by atoms with Crippen molar-refractivity contribution in [1.29, 1.82) is 0 Å². The van der Waals surface area contributed by atoms with E-state index in [0.29, 0.717) is 0 Å². The molecule has 0 radical (unpaired) electrons. The molecule has 0 aliphatic heterocycles. The van der Waals surface area contributed by atoms with Crippen LogP contribution >= 0.6 is 11.6 Å². The zero-order valence-corrected chi connectivity index (χ0v) is 6.31. The number of hydrogen-bond acceptors (Lipinski definition) is 3. The molecule has 0 atom stereocenters. The van der Waals surface area contributed by atoms with Crippen LogP contribution in [0.25, 0.3) is 0 Å². The Morgan fingerprint density at radius 1 is 1.67 bits per heavy atom. The maximum atomic E-state index is 10.5. The molecule has 0 aromatic heterocycles. The standard InChI is InChI=1S/C5H10ClNO2/c1-7(2)3-5(8)9-4-6/h3-4H2,1-2H3. The molecule has 9 heavy (non-hydrogen) atoms. The van der Waals surface area contributed by atoms with E-state index >= 15 is 0 Å². The van der Waals surface area contributed by atoms with Crippen LogP contribution in [0.1, 0.15) is 0 Å². The highest BCUT2D eigenvalue weighted by molar-refractivity contribution is 6.17. The summed E-state index contributed by atoms with van der Waals surface area (Å²) in [6.07, 6.45) is 0. The van der Waals surface area contributed by atoms with Gasteiger partial charge < -0.3 is 4.74 Å². The Kier molecular flexibility index (Phi) is 4.44. The highest BCUT2D eigenvalue weighted by Crippen LogP contribution is 1.83. The summed E-state index contributed by atoms with van der Waals surface area (Å²) in [5, 5.41) is 0. The minimum Gasteiger partial charge on any atom is -0.448 e. The monoisotopic (exact) mass is 151 g/mol. The predicted molar refractivity (Wildman–Crippen MR) is 35.4 cm³/mol. The summed E-state index contributed by atoms with van der Waals surface area (Å²) in [6, 6.07) is -0.0628. The van der Waals surface area contributed by atoms with Gasteiger partial charge >= 0.3 is 5.97 Å². The summed E-state index contributed by atoms with van der Waals surface area (Å²) >= 11 is 5.12. The van der Waals surface area contributed by atoms with Crippen LogP contribution in [0.5, 0.6) is 0 Å². The van der Waals surface area contributed by atoms with E-state index in [2.05, 4.69) is 4.74 Å². The number of esters is 1. The van der Waals surface area contributed by atoms with E-state index < -0.39 is 0 Å². The topological polar surface area (TPSA) is 29.5 Å². The first-order valence-electron chi connectivity index (χ1n) is 2.53. The van der Waals surface area contributed by atoms with Crippen molar-refractivity contribution in [2.45, 2.75) is 0 Å². The summed E-state index contributed by atoms with van der Waals surface area (Å²) in [6.45, 7) is 0.284. The lowest BCUT2D eigenvalue weighted by molar-refractivity contribution is -0.142. The predicted octanol–water partition coefficient (Wildman–Crippen LogP) is 0.287. The van der Waals surface area contributed by atoms with E-state index in [4.69, 9.17) is 11.6 Å². The lowest BCUT2D eigenvalue weighted by Gasteiger charge is -2.06. The summed E-state index contributed by atoms with van der Waals surface area (Å²) in [7, 11) is 3.57. The van der Waals surface area contributed by atoms with Gasteiger partial charge in [0, 0.05) is 0 Å². The number of halogens is 1. The number of nitrogens with zero attached hydrogens (tertiary/aromatic N) is 1. The molecule has 0 aliphatic carbocycles. The Labute approximate surface area is 59.5 Å². The first-order valence-corrected chi connectivity index (χ1v) is 3.06. The van der Waals surface area contributed by atoms with Gasteiger partial charge in [-0.3, -0.25) is 9.69 Å². The van der Waals surface area contributed by atoms with Gasteiger partial charge in [-0.2, -0.15) is 0 Å². The Balaban J connectivity index is 3.27. The maximum absolute atomic E-state index is 10.5. The van der Waals surface area contributed by atoms with Gasteiger partial charge in [-0.05, 0) is 14.1 Å². The van der Waals surface area contributed by atoms with Crippen LogP contribution in [-0.4, -0.2) is 37.6 Å². The lowest BCUT2D eigenvalue weighted by atomic mass is 10.6. The number of carbonyl (C=O) groups excluding carboxylic acids is 1. The molecule has 54 valence electrons. The number of alkyl halides is 1. The van der Waals surface area contributed by atoms with Gasteiger partial charge in [0.1, 0.15) is 0 Å². The molecule has 3 nitrogen and oxygen atoms in total. The molecule has 0 heterocycles. The number of ether oxygens (including phenoxy) is 1. The van der Waals surface area contributed by atoms with E-state index in [1.165, 1.54) is 0 Å². The zero-order chi connectivity index (χ0) is 7.28. The fourth-order valence-electron chi connectivity index (χ4n) is 0.365. The van der Waals surface area contributed by atoms with E-state index in [-0.39, 0.29) is 18.6 Å². The molecule has 0 aromatic carbocycles. The Morgan fingerprint density at radius 3 is 2.56 bits per heavy atom. The van der Waals surface area contributed by atoms with E-state index in [1.54, 1.807) is 19.0 Å². The molecule has 0 spiro atoms. The fraction of sp³-hybridized carbons (Fsp3) is 0.800. The van der Waals surface area contributed by atoms with Crippen molar-refractivity contribution in [3.8, 4) is 0 Å². The second-order valence-electron chi connectivity index (χ2n) is 1.86. The molecular weight excluding hydrogens is 142 g/mol. The van der Waals surface area contributed by atoms with Gasteiger partial charge in [-0.1, -0.05) is 11.6 Å². The summed E-state index contributed by atoms with van der Waals surface area (Å²) in [4.78, 5) is 12.2. The van der Waals surface area contributed by atoms with Gasteiger partial charge in [0.2, 0.25) is 0 Å². The molecular formula is C5H10ClNO2. The van der Waals surface area contributed by atoms with Gasteiger partial charge in [0.25, 0.3) is 0 Å². The minimum absolute atomic E-state index is 0.0628. The molecule has 0 saturated heterocycles. The van der Waals surface area contributed by atoms with Gasteiger partial charge in [0.05, 0.1) is 6.54 Å². The molecule has 0 saturated carbocycles. The van der Waals surface area contributed by atoms with E-state index in [9.17, 15) is 4.79 Å². The molecule has 0 amide bonds. The first-order chi connectivity index (χ1) is 4.16. The number of hydrogen-bond donors (Lipinski definition) is 0. The van der Waals surface area contributed by atoms with Crippen LogP contribution in [0.15, 0.2) is 0 Å². The Hall–Kier alpha value is -0.280. The maximum Gasteiger partial charge on any atom is 0.321 e. The molecule has 0 fully saturated rings. The summed E-state index contributed by atoms with van der Waals surface area (Å²) in [5.74, 6) is -0.296. The Morgan fingerprint density at radius 2 is 2.22 bits per heavy atom. The van der Waals surface area contributed by atoms with Crippen molar-refractivity contribution in [2.75, 3.05) is 26.7 Å².